The number of nitrogens with zero attached hydrogens (tertiary/aromatic N) is 1. The molecule has 0 atom stereocenters. The summed E-state index contributed by atoms with van der Waals surface area (Å²) < 4.78 is 12.9. The van der Waals surface area contributed by atoms with Crippen molar-refractivity contribution in [3.05, 3.63) is 35.9 Å². The maximum absolute atomic E-state index is 12.9. The number of hydrogen-bond donors (Lipinski definition) is 0. The van der Waals surface area contributed by atoms with Gasteiger partial charge in [0.15, 0.2) is 0 Å². The third-order valence-corrected chi connectivity index (χ3v) is 3.26. The van der Waals surface area contributed by atoms with Crippen molar-refractivity contribution in [1.29, 1.82) is 0 Å². The van der Waals surface area contributed by atoms with Crippen LogP contribution in [-0.2, 0) is 0 Å². The first-order valence-electron chi connectivity index (χ1n) is 6.11. The smallest absolute Gasteiger partial charge is 0.254 e. The van der Waals surface area contributed by atoms with Crippen molar-refractivity contribution in [2.24, 2.45) is 0 Å². The molecule has 0 saturated heterocycles. The highest BCUT2D eigenvalue weighted by Crippen LogP contribution is 2.30. The molecule has 2 rings (SSSR count). The van der Waals surface area contributed by atoms with Gasteiger partial charge in [0.2, 0.25) is 0 Å². The van der Waals surface area contributed by atoms with Crippen molar-refractivity contribution in [3.63, 3.8) is 0 Å². The van der Waals surface area contributed by atoms with Crippen LogP contribution in [0.15, 0.2) is 30.3 Å². The second-order valence-electron chi connectivity index (χ2n) is 4.89. The number of carbonyl (C=O) groups excluding carboxylic acids is 1. The summed E-state index contributed by atoms with van der Waals surface area (Å²) in [6.07, 6.45) is 0.234. The molecule has 0 heterocycles. The number of hydrogen-bond acceptors (Lipinski definition) is 1. The van der Waals surface area contributed by atoms with Crippen LogP contribution in [0, 0.1) is 0 Å². The van der Waals surface area contributed by atoms with Gasteiger partial charge < -0.3 is 4.90 Å². The third-order valence-electron chi connectivity index (χ3n) is 3.26. The van der Waals surface area contributed by atoms with E-state index in [9.17, 15) is 9.18 Å². The molecule has 0 bridgehead atoms. The fourth-order valence-corrected chi connectivity index (χ4v) is 2.30. The molecule has 100 valence electrons. The highest BCUT2D eigenvalue weighted by Gasteiger charge is 2.37. The van der Waals surface area contributed by atoms with Crippen molar-refractivity contribution in [2.75, 3.05) is 0 Å². The summed E-state index contributed by atoms with van der Waals surface area (Å²) in [6.45, 7) is 3.96. The first-order valence-corrected chi connectivity index (χ1v) is 6.11. The van der Waals surface area contributed by atoms with Gasteiger partial charge in [0.25, 0.3) is 5.91 Å². The van der Waals surface area contributed by atoms with E-state index in [1.165, 1.54) is 0 Å². The van der Waals surface area contributed by atoms with Crippen molar-refractivity contribution in [1.82, 2.24) is 4.90 Å². The second-order valence-corrected chi connectivity index (χ2v) is 4.89. The van der Waals surface area contributed by atoms with Crippen LogP contribution in [0.5, 0.6) is 0 Å². The van der Waals surface area contributed by atoms with E-state index < -0.39 is 6.17 Å². The van der Waals surface area contributed by atoms with E-state index in [-0.39, 0.29) is 30.4 Å². The minimum absolute atomic E-state index is 0. The van der Waals surface area contributed by atoms with E-state index in [0.717, 1.165) is 0 Å². The fraction of sp³-hybridized carbons (Fsp3) is 0.500. The molecule has 1 amide bonds. The standard InChI is InChI=1S/C14H18FNO.ClH/c1-10(2)16(13-8-12(15)9-13)14(17)11-6-4-3-5-7-11;/h3-7,10,12-13H,8-9H2,1-2H3;1H. The Kier molecular flexibility index (Phi) is 5.15. The van der Waals surface area contributed by atoms with Crippen LogP contribution in [0.2, 0.25) is 0 Å². The first-order chi connectivity index (χ1) is 8.09. The minimum atomic E-state index is -0.732. The number of carbonyl (C=O) groups is 1. The van der Waals surface area contributed by atoms with Crippen molar-refractivity contribution in [3.8, 4) is 0 Å². The SMILES string of the molecule is CC(C)N(C(=O)c1ccccc1)C1CC(F)C1.Cl. The van der Waals surface area contributed by atoms with Crippen LogP contribution >= 0.6 is 12.4 Å². The Balaban J connectivity index is 0.00000162. The summed E-state index contributed by atoms with van der Waals surface area (Å²) in [5, 5.41) is 0. The molecule has 1 saturated carbocycles. The highest BCUT2D eigenvalue weighted by atomic mass is 35.5. The summed E-state index contributed by atoms with van der Waals surface area (Å²) in [4.78, 5) is 14.1. The van der Waals surface area contributed by atoms with Crippen LogP contribution in [0.3, 0.4) is 0 Å². The molecule has 1 aromatic carbocycles. The van der Waals surface area contributed by atoms with Crippen LogP contribution in [0.4, 0.5) is 4.39 Å². The average Bonchev–Trinajstić information content (AvgIpc) is 2.27. The molecule has 0 N–H and O–H groups in total. The van der Waals surface area contributed by atoms with Gasteiger partial charge in [-0.3, -0.25) is 4.79 Å². The zero-order valence-electron chi connectivity index (χ0n) is 10.7. The second kappa shape index (κ2) is 6.19. The summed E-state index contributed by atoms with van der Waals surface area (Å²) >= 11 is 0. The topological polar surface area (TPSA) is 20.3 Å². The van der Waals surface area contributed by atoms with Gasteiger partial charge >= 0.3 is 0 Å². The van der Waals surface area contributed by atoms with Gasteiger partial charge in [-0.2, -0.15) is 0 Å². The number of halogens is 2. The predicted molar refractivity (Wildman–Crippen MR) is 72.9 cm³/mol. The molecule has 0 unspecified atom stereocenters. The quantitative estimate of drug-likeness (QED) is 0.824. The monoisotopic (exact) mass is 271 g/mol. The van der Waals surface area contributed by atoms with Crippen molar-refractivity contribution < 1.29 is 9.18 Å². The third kappa shape index (κ3) is 3.02. The van der Waals surface area contributed by atoms with Gasteiger partial charge in [-0.05, 0) is 38.8 Å². The zero-order valence-corrected chi connectivity index (χ0v) is 11.5. The van der Waals surface area contributed by atoms with Gasteiger partial charge in [-0.1, -0.05) is 18.2 Å². The van der Waals surface area contributed by atoms with E-state index in [4.69, 9.17) is 0 Å². The Morgan fingerprint density at radius 3 is 2.28 bits per heavy atom. The summed E-state index contributed by atoms with van der Waals surface area (Å²) in [6, 6.07) is 9.39. The lowest BCUT2D eigenvalue weighted by Gasteiger charge is -2.42. The molecular formula is C14H19ClFNO. The molecule has 4 heteroatoms. The van der Waals surface area contributed by atoms with Gasteiger partial charge in [-0.15, -0.1) is 12.4 Å². The molecule has 0 aliphatic heterocycles. The molecule has 1 aliphatic carbocycles. The Morgan fingerprint density at radius 2 is 1.83 bits per heavy atom. The van der Waals surface area contributed by atoms with Gasteiger partial charge in [-0.25, -0.2) is 4.39 Å². The summed E-state index contributed by atoms with van der Waals surface area (Å²) in [5.41, 5.74) is 0.684. The van der Waals surface area contributed by atoms with E-state index in [0.29, 0.717) is 18.4 Å². The molecule has 1 aromatic rings. The van der Waals surface area contributed by atoms with Gasteiger partial charge in [0.05, 0.1) is 0 Å². The van der Waals surface area contributed by atoms with Crippen molar-refractivity contribution >= 4 is 18.3 Å². The molecule has 0 radical (unpaired) electrons. The summed E-state index contributed by atoms with van der Waals surface area (Å²) in [5.74, 6) is 0.0116. The van der Waals surface area contributed by atoms with Crippen LogP contribution in [0.25, 0.3) is 0 Å². The Labute approximate surface area is 114 Å². The molecule has 1 fully saturated rings. The lowest BCUT2D eigenvalue weighted by Crippen LogP contribution is -2.51. The fourth-order valence-electron chi connectivity index (χ4n) is 2.30. The first kappa shape index (κ1) is 15.0. The number of alkyl halides is 1. The molecule has 0 spiro atoms. The molecular weight excluding hydrogens is 253 g/mol. The van der Waals surface area contributed by atoms with Crippen LogP contribution < -0.4 is 0 Å². The molecule has 18 heavy (non-hydrogen) atoms. The highest BCUT2D eigenvalue weighted by molar-refractivity contribution is 5.94. The lowest BCUT2D eigenvalue weighted by molar-refractivity contribution is 0.0267. The normalized spacial score (nSPS) is 22.0. The Bertz CT molecular complexity index is 390. The maximum Gasteiger partial charge on any atom is 0.254 e. The van der Waals surface area contributed by atoms with Crippen molar-refractivity contribution in [2.45, 2.75) is 44.9 Å². The minimum Gasteiger partial charge on any atom is -0.333 e. The van der Waals surface area contributed by atoms with E-state index >= 15 is 0 Å². The number of benzene rings is 1. The average molecular weight is 272 g/mol. The molecule has 2 nitrogen and oxygen atoms in total. The van der Waals surface area contributed by atoms with E-state index in [1.807, 2.05) is 49.1 Å². The van der Waals surface area contributed by atoms with E-state index in [2.05, 4.69) is 0 Å². The van der Waals surface area contributed by atoms with Gasteiger partial charge in [0, 0.05) is 17.6 Å². The predicted octanol–water partition coefficient (Wildman–Crippen LogP) is 3.46. The zero-order chi connectivity index (χ0) is 12.4. The van der Waals surface area contributed by atoms with Crippen LogP contribution in [0.1, 0.15) is 37.0 Å². The van der Waals surface area contributed by atoms with E-state index in [1.54, 1.807) is 0 Å². The lowest BCUT2D eigenvalue weighted by atomic mass is 9.88. The largest absolute Gasteiger partial charge is 0.333 e. The Hall–Kier alpha value is -1.09. The number of rotatable bonds is 3. The summed E-state index contributed by atoms with van der Waals surface area (Å²) in [7, 11) is 0. The van der Waals surface area contributed by atoms with Gasteiger partial charge in [0.1, 0.15) is 6.17 Å². The molecule has 0 aromatic heterocycles. The maximum atomic E-state index is 12.9. The molecule has 1 aliphatic rings. The van der Waals surface area contributed by atoms with Crippen LogP contribution in [-0.4, -0.2) is 29.1 Å². The number of amides is 1. The Morgan fingerprint density at radius 1 is 1.28 bits per heavy atom.